The first-order valence-corrected chi connectivity index (χ1v) is 5.86. The Morgan fingerprint density at radius 1 is 1.25 bits per heavy atom. The molecule has 0 bridgehead atoms. The van der Waals surface area contributed by atoms with Crippen molar-refractivity contribution in [2.24, 2.45) is 5.73 Å². The summed E-state index contributed by atoms with van der Waals surface area (Å²) in [5, 5.41) is 28.3. The van der Waals surface area contributed by atoms with E-state index in [0.29, 0.717) is 12.5 Å². The Morgan fingerprint density at radius 2 is 1.94 bits per heavy atom. The lowest BCUT2D eigenvalue weighted by Crippen LogP contribution is -2.58. The third-order valence-electron chi connectivity index (χ3n) is 2.98. The molecular weight excluding hydrogens is 210 g/mol. The molecule has 0 aromatic rings. The summed E-state index contributed by atoms with van der Waals surface area (Å²) >= 11 is 0. The number of unbranched alkanes of at least 4 members (excludes halogenated alkanes) is 2. The van der Waals surface area contributed by atoms with E-state index in [1.807, 2.05) is 0 Å². The fraction of sp³-hybridized carbons (Fsp3) is 0.909. The molecule has 1 radical (unpaired) electrons. The molecule has 4 atom stereocenters. The number of ether oxygens (including phenoxy) is 1. The number of rotatable bonds is 5. The molecule has 1 aliphatic heterocycles. The predicted octanol–water partition coefficient (Wildman–Crippen LogP) is -0.461. The summed E-state index contributed by atoms with van der Waals surface area (Å²) in [6, 6.07) is -0.658. The standard InChI is InChI=1S/C11H22NO4/c1-2-3-4-5-7-9(12)11(15)10(14)8(6-13)16-7/h8-11,13-15H,2-6,12H2,1H3/t8-,9+,10-,11-/m1/s1. The van der Waals surface area contributed by atoms with E-state index < -0.39 is 24.4 Å². The van der Waals surface area contributed by atoms with E-state index in [-0.39, 0.29) is 6.61 Å². The van der Waals surface area contributed by atoms with Gasteiger partial charge in [0.05, 0.1) is 12.6 Å². The summed E-state index contributed by atoms with van der Waals surface area (Å²) in [7, 11) is 0. The SMILES string of the molecule is CCCCC[C]1O[C@H](CO)[C@@H](O)[C@H](O)[C@H]1N. The lowest BCUT2D eigenvalue weighted by Gasteiger charge is -2.40. The van der Waals surface area contributed by atoms with E-state index in [0.717, 1.165) is 19.3 Å². The number of nitrogens with two attached hydrogens (primary N) is 1. The second-order valence-corrected chi connectivity index (χ2v) is 4.27. The highest BCUT2D eigenvalue weighted by Gasteiger charge is 2.42. The van der Waals surface area contributed by atoms with E-state index in [4.69, 9.17) is 15.6 Å². The Morgan fingerprint density at radius 3 is 2.50 bits per heavy atom. The first-order valence-electron chi connectivity index (χ1n) is 5.86. The van der Waals surface area contributed by atoms with Gasteiger partial charge in [0.2, 0.25) is 0 Å². The van der Waals surface area contributed by atoms with Crippen LogP contribution in [0.4, 0.5) is 0 Å². The number of aliphatic hydroxyl groups excluding tert-OH is 3. The molecule has 0 unspecified atom stereocenters. The Hall–Kier alpha value is -0.200. The molecule has 0 saturated carbocycles. The fourth-order valence-corrected chi connectivity index (χ4v) is 1.89. The molecule has 0 aromatic carbocycles. The van der Waals surface area contributed by atoms with E-state index in [9.17, 15) is 10.2 Å². The van der Waals surface area contributed by atoms with E-state index in [2.05, 4.69) is 6.92 Å². The van der Waals surface area contributed by atoms with Crippen LogP contribution in [0.1, 0.15) is 32.6 Å². The summed E-state index contributed by atoms with van der Waals surface area (Å²) in [6.07, 6.45) is 1.45. The van der Waals surface area contributed by atoms with Gasteiger partial charge in [-0.15, -0.1) is 0 Å². The Kier molecular flexibility index (Phi) is 5.64. The minimum absolute atomic E-state index is 0.317. The lowest BCUT2D eigenvalue weighted by molar-refractivity contribution is -0.153. The predicted molar refractivity (Wildman–Crippen MR) is 59.3 cm³/mol. The zero-order valence-electron chi connectivity index (χ0n) is 9.67. The summed E-state index contributed by atoms with van der Waals surface area (Å²) in [5.41, 5.74) is 5.76. The van der Waals surface area contributed by atoms with Gasteiger partial charge in [0.15, 0.2) is 0 Å². The van der Waals surface area contributed by atoms with Crippen LogP contribution >= 0.6 is 0 Å². The summed E-state index contributed by atoms with van der Waals surface area (Å²) in [4.78, 5) is 0. The average molecular weight is 232 g/mol. The number of hydrogen-bond acceptors (Lipinski definition) is 5. The molecule has 95 valence electrons. The van der Waals surface area contributed by atoms with Crippen molar-refractivity contribution >= 4 is 0 Å². The van der Waals surface area contributed by atoms with Crippen molar-refractivity contribution in [3.05, 3.63) is 6.10 Å². The van der Waals surface area contributed by atoms with Gasteiger partial charge >= 0.3 is 0 Å². The maximum atomic E-state index is 9.69. The molecule has 5 nitrogen and oxygen atoms in total. The fourth-order valence-electron chi connectivity index (χ4n) is 1.89. The monoisotopic (exact) mass is 232 g/mol. The van der Waals surface area contributed by atoms with E-state index in [1.54, 1.807) is 0 Å². The third-order valence-corrected chi connectivity index (χ3v) is 2.98. The van der Waals surface area contributed by atoms with Crippen LogP contribution in [0, 0.1) is 6.10 Å². The topological polar surface area (TPSA) is 95.9 Å². The van der Waals surface area contributed by atoms with Gasteiger partial charge in [-0.2, -0.15) is 0 Å². The van der Waals surface area contributed by atoms with E-state index in [1.165, 1.54) is 0 Å². The minimum atomic E-state index is -1.12. The highest BCUT2D eigenvalue weighted by molar-refractivity contribution is 5.04. The molecule has 5 heteroatoms. The number of aliphatic hydroxyl groups is 3. The molecule has 1 heterocycles. The van der Waals surface area contributed by atoms with Crippen LogP contribution in [0.2, 0.25) is 0 Å². The van der Waals surface area contributed by atoms with Crippen LogP contribution in [0.3, 0.4) is 0 Å². The van der Waals surface area contributed by atoms with Gasteiger partial charge in [0.25, 0.3) is 0 Å². The van der Waals surface area contributed by atoms with E-state index >= 15 is 0 Å². The minimum Gasteiger partial charge on any atom is -0.394 e. The first kappa shape index (κ1) is 13.9. The highest BCUT2D eigenvalue weighted by atomic mass is 16.5. The lowest BCUT2D eigenvalue weighted by atomic mass is 9.91. The van der Waals surface area contributed by atoms with Crippen LogP contribution in [-0.2, 0) is 4.74 Å². The van der Waals surface area contributed by atoms with Crippen molar-refractivity contribution in [2.75, 3.05) is 6.61 Å². The van der Waals surface area contributed by atoms with Gasteiger partial charge in [-0.1, -0.05) is 26.2 Å². The van der Waals surface area contributed by atoms with Crippen LogP contribution in [-0.4, -0.2) is 46.3 Å². The van der Waals surface area contributed by atoms with Gasteiger partial charge in [-0.3, -0.25) is 0 Å². The Balaban J connectivity index is 2.50. The van der Waals surface area contributed by atoms with Crippen molar-refractivity contribution in [3.63, 3.8) is 0 Å². The molecule has 0 amide bonds. The molecular formula is C11H22NO4. The Labute approximate surface area is 96.2 Å². The van der Waals surface area contributed by atoms with Gasteiger partial charge in [0.1, 0.15) is 24.4 Å². The second-order valence-electron chi connectivity index (χ2n) is 4.27. The zero-order chi connectivity index (χ0) is 12.1. The number of hydrogen-bond donors (Lipinski definition) is 4. The normalized spacial score (nSPS) is 36.6. The van der Waals surface area contributed by atoms with Crippen LogP contribution in [0.5, 0.6) is 0 Å². The van der Waals surface area contributed by atoms with Crippen LogP contribution < -0.4 is 5.73 Å². The first-order chi connectivity index (χ1) is 7.61. The van der Waals surface area contributed by atoms with Gasteiger partial charge in [0, 0.05) is 0 Å². The van der Waals surface area contributed by atoms with Crippen molar-refractivity contribution in [1.82, 2.24) is 0 Å². The van der Waals surface area contributed by atoms with Crippen LogP contribution in [0.15, 0.2) is 0 Å². The second kappa shape index (κ2) is 6.51. The summed E-state index contributed by atoms with van der Waals surface area (Å²) in [6.45, 7) is 1.78. The Bertz CT molecular complexity index is 200. The highest BCUT2D eigenvalue weighted by Crippen LogP contribution is 2.28. The van der Waals surface area contributed by atoms with Crippen molar-refractivity contribution < 1.29 is 20.1 Å². The summed E-state index contributed by atoms with van der Waals surface area (Å²) < 4.78 is 5.41. The van der Waals surface area contributed by atoms with Crippen LogP contribution in [0.25, 0.3) is 0 Å². The molecule has 0 spiro atoms. The molecule has 1 aliphatic rings. The molecule has 1 saturated heterocycles. The molecule has 16 heavy (non-hydrogen) atoms. The van der Waals surface area contributed by atoms with Crippen molar-refractivity contribution in [2.45, 2.75) is 57.0 Å². The summed E-state index contributed by atoms with van der Waals surface area (Å²) in [5.74, 6) is 0. The molecule has 0 aliphatic carbocycles. The molecule has 1 rings (SSSR count). The molecule has 1 fully saturated rings. The van der Waals surface area contributed by atoms with Gasteiger partial charge < -0.3 is 25.8 Å². The average Bonchev–Trinajstić information content (AvgIpc) is 2.29. The third kappa shape index (κ3) is 3.15. The maximum Gasteiger partial charge on any atom is 0.117 e. The smallest absolute Gasteiger partial charge is 0.117 e. The van der Waals surface area contributed by atoms with Crippen molar-refractivity contribution in [1.29, 1.82) is 0 Å². The van der Waals surface area contributed by atoms with Gasteiger partial charge in [-0.25, -0.2) is 0 Å². The zero-order valence-corrected chi connectivity index (χ0v) is 9.67. The van der Waals surface area contributed by atoms with Crippen molar-refractivity contribution in [3.8, 4) is 0 Å². The maximum absolute atomic E-state index is 9.69. The largest absolute Gasteiger partial charge is 0.394 e. The molecule has 5 N–H and O–H groups in total. The van der Waals surface area contributed by atoms with Gasteiger partial charge in [-0.05, 0) is 6.42 Å². The quantitative estimate of drug-likeness (QED) is 0.481. The molecule has 0 aromatic heterocycles.